The molecule has 0 aromatic carbocycles. The van der Waals surface area contributed by atoms with E-state index < -0.39 is 38.8 Å². The van der Waals surface area contributed by atoms with Gasteiger partial charge in [0.05, 0.1) is 5.56 Å². The summed E-state index contributed by atoms with van der Waals surface area (Å²) in [7, 11) is -4.31. The van der Waals surface area contributed by atoms with Gasteiger partial charge in [0.15, 0.2) is 5.03 Å². The Balaban J connectivity index is 2.96. The highest BCUT2D eigenvalue weighted by molar-refractivity contribution is 7.89. The van der Waals surface area contributed by atoms with Crippen LogP contribution in [0.25, 0.3) is 0 Å². The van der Waals surface area contributed by atoms with Gasteiger partial charge in [-0.15, -0.1) is 0 Å². The minimum Gasteiger partial charge on any atom is -0.480 e. The second kappa shape index (κ2) is 7.05. The van der Waals surface area contributed by atoms with Crippen molar-refractivity contribution in [3.63, 3.8) is 0 Å². The number of hydrogen-bond acceptors (Lipinski definition) is 4. The number of rotatable bonds is 7. The third-order valence-corrected chi connectivity index (χ3v) is 4.17. The van der Waals surface area contributed by atoms with E-state index in [1.165, 1.54) is 0 Å². The van der Waals surface area contributed by atoms with E-state index in [4.69, 9.17) is 5.11 Å². The van der Waals surface area contributed by atoms with E-state index >= 15 is 0 Å². The minimum absolute atomic E-state index is 0.0751. The molecule has 2 N–H and O–H groups in total. The summed E-state index contributed by atoms with van der Waals surface area (Å²) in [6.07, 6.45) is -3.01. The van der Waals surface area contributed by atoms with Crippen molar-refractivity contribution in [1.82, 2.24) is 9.71 Å². The predicted molar refractivity (Wildman–Crippen MR) is 70.5 cm³/mol. The lowest BCUT2D eigenvalue weighted by Gasteiger charge is -2.14. The maximum atomic E-state index is 12.4. The summed E-state index contributed by atoms with van der Waals surface area (Å²) in [5.74, 6) is -1.36. The van der Waals surface area contributed by atoms with Gasteiger partial charge in [-0.1, -0.05) is 19.8 Å². The molecule has 1 rings (SSSR count). The highest BCUT2D eigenvalue weighted by Crippen LogP contribution is 2.28. The molecule has 1 heterocycles. The number of hydrogen-bond donors (Lipinski definition) is 2. The second-order valence-corrected chi connectivity index (χ2v) is 6.20. The molecule has 6 nitrogen and oxygen atoms in total. The summed E-state index contributed by atoms with van der Waals surface area (Å²) < 4.78 is 63.0. The maximum Gasteiger partial charge on any atom is 0.417 e. The van der Waals surface area contributed by atoms with Gasteiger partial charge in [-0.25, -0.2) is 13.4 Å². The van der Waals surface area contributed by atoms with Crippen LogP contribution in [0.15, 0.2) is 23.4 Å². The number of sulfonamides is 1. The zero-order valence-electron chi connectivity index (χ0n) is 11.6. The van der Waals surface area contributed by atoms with Crippen LogP contribution >= 0.6 is 0 Å². The average Bonchev–Trinajstić information content (AvgIpc) is 2.42. The van der Waals surface area contributed by atoms with Gasteiger partial charge < -0.3 is 5.11 Å². The molecule has 0 amide bonds. The topological polar surface area (TPSA) is 96.4 Å². The minimum atomic E-state index is -4.63. The first-order valence-corrected chi connectivity index (χ1v) is 7.84. The van der Waals surface area contributed by atoms with Crippen LogP contribution in [-0.4, -0.2) is 30.5 Å². The van der Waals surface area contributed by atoms with Gasteiger partial charge >= 0.3 is 12.1 Å². The van der Waals surface area contributed by atoms with Gasteiger partial charge in [-0.2, -0.15) is 17.9 Å². The fourth-order valence-electron chi connectivity index (χ4n) is 1.60. The van der Waals surface area contributed by atoms with Crippen molar-refractivity contribution in [2.75, 3.05) is 0 Å². The van der Waals surface area contributed by atoms with E-state index in [-0.39, 0.29) is 6.42 Å². The van der Waals surface area contributed by atoms with Crippen LogP contribution in [-0.2, 0) is 21.0 Å². The molecule has 0 aliphatic rings. The molecule has 10 heteroatoms. The Bertz CT molecular complexity index is 614. The normalized spacial score (nSPS) is 13.8. The fourth-order valence-corrected chi connectivity index (χ4v) is 2.75. The van der Waals surface area contributed by atoms with E-state index in [2.05, 4.69) is 4.98 Å². The number of carboxylic acids is 1. The van der Waals surface area contributed by atoms with Crippen molar-refractivity contribution >= 4 is 16.0 Å². The molecule has 1 aromatic heterocycles. The van der Waals surface area contributed by atoms with Gasteiger partial charge in [0.1, 0.15) is 6.04 Å². The number of nitrogens with zero attached hydrogens (tertiary/aromatic N) is 1. The first-order valence-electron chi connectivity index (χ1n) is 6.36. The Hall–Kier alpha value is -1.68. The molecular formula is C12H15F3N2O4S. The molecule has 0 saturated heterocycles. The lowest BCUT2D eigenvalue weighted by Crippen LogP contribution is -2.40. The van der Waals surface area contributed by atoms with Crippen molar-refractivity contribution in [3.8, 4) is 0 Å². The van der Waals surface area contributed by atoms with Gasteiger partial charge in [0.25, 0.3) is 10.0 Å². The SMILES string of the molecule is CCCC[C@H](NS(=O)(=O)c1ccc(C(F)(F)F)cn1)C(=O)O. The molecular weight excluding hydrogens is 325 g/mol. The van der Waals surface area contributed by atoms with Crippen LogP contribution in [0.5, 0.6) is 0 Å². The predicted octanol–water partition coefficient (Wildman–Crippen LogP) is 2.02. The van der Waals surface area contributed by atoms with E-state index in [0.717, 1.165) is 0 Å². The summed E-state index contributed by atoms with van der Waals surface area (Å²) >= 11 is 0. The molecule has 1 atom stereocenters. The highest BCUT2D eigenvalue weighted by atomic mass is 32.2. The number of nitrogens with one attached hydrogen (secondary N) is 1. The molecule has 22 heavy (non-hydrogen) atoms. The summed E-state index contributed by atoms with van der Waals surface area (Å²) in [4.78, 5) is 14.2. The molecule has 0 aliphatic heterocycles. The Morgan fingerprint density at radius 1 is 1.41 bits per heavy atom. The highest BCUT2D eigenvalue weighted by Gasteiger charge is 2.32. The molecule has 0 radical (unpaired) electrons. The van der Waals surface area contributed by atoms with Crippen molar-refractivity contribution in [1.29, 1.82) is 0 Å². The van der Waals surface area contributed by atoms with Gasteiger partial charge in [0, 0.05) is 6.20 Å². The summed E-state index contributed by atoms with van der Waals surface area (Å²) in [6.45, 7) is 1.81. The van der Waals surface area contributed by atoms with E-state index in [9.17, 15) is 26.4 Å². The van der Waals surface area contributed by atoms with Crippen LogP contribution in [0.2, 0.25) is 0 Å². The number of unbranched alkanes of at least 4 members (excludes halogenated alkanes) is 1. The van der Waals surface area contributed by atoms with Crippen LogP contribution in [0.4, 0.5) is 13.2 Å². The quantitative estimate of drug-likeness (QED) is 0.792. The van der Waals surface area contributed by atoms with E-state index in [1.807, 2.05) is 11.6 Å². The number of aromatic nitrogens is 1. The molecule has 0 bridgehead atoms. The van der Waals surface area contributed by atoms with E-state index in [0.29, 0.717) is 31.2 Å². The summed E-state index contributed by atoms with van der Waals surface area (Å²) in [5.41, 5.74) is -1.09. The largest absolute Gasteiger partial charge is 0.480 e. The maximum absolute atomic E-state index is 12.4. The Labute approximate surface area is 125 Å². The number of aliphatic carboxylic acids is 1. The summed E-state index contributed by atoms with van der Waals surface area (Å²) in [5, 5.41) is 8.30. The number of carbonyl (C=O) groups is 1. The Morgan fingerprint density at radius 2 is 2.05 bits per heavy atom. The molecule has 1 aromatic rings. The second-order valence-electron chi connectivity index (χ2n) is 4.54. The number of halogens is 3. The third kappa shape index (κ3) is 4.95. The van der Waals surface area contributed by atoms with Crippen molar-refractivity contribution in [3.05, 3.63) is 23.9 Å². The fraction of sp³-hybridized carbons (Fsp3) is 0.500. The van der Waals surface area contributed by atoms with Crippen LogP contribution in [0.1, 0.15) is 31.7 Å². The number of pyridine rings is 1. The average molecular weight is 340 g/mol. The number of alkyl halides is 3. The Morgan fingerprint density at radius 3 is 2.45 bits per heavy atom. The van der Waals surface area contributed by atoms with Gasteiger partial charge in [-0.3, -0.25) is 4.79 Å². The zero-order chi connectivity index (χ0) is 17.0. The monoisotopic (exact) mass is 340 g/mol. The first kappa shape index (κ1) is 18.4. The lowest BCUT2D eigenvalue weighted by molar-refractivity contribution is -0.139. The molecule has 0 spiro atoms. The van der Waals surface area contributed by atoms with Crippen LogP contribution < -0.4 is 4.72 Å². The van der Waals surface area contributed by atoms with Crippen molar-refractivity contribution < 1.29 is 31.5 Å². The van der Waals surface area contributed by atoms with E-state index in [1.54, 1.807) is 0 Å². The first-order chi connectivity index (χ1) is 10.1. The smallest absolute Gasteiger partial charge is 0.417 e. The van der Waals surface area contributed by atoms with Crippen molar-refractivity contribution in [2.45, 2.75) is 43.4 Å². The Kier molecular flexibility index (Phi) is 5.89. The van der Waals surface area contributed by atoms with Crippen LogP contribution in [0.3, 0.4) is 0 Å². The lowest BCUT2D eigenvalue weighted by atomic mass is 10.1. The van der Waals surface area contributed by atoms with Gasteiger partial charge in [0.2, 0.25) is 0 Å². The molecule has 124 valence electrons. The third-order valence-electron chi connectivity index (χ3n) is 2.78. The zero-order valence-corrected chi connectivity index (χ0v) is 12.4. The van der Waals surface area contributed by atoms with Crippen LogP contribution in [0, 0.1) is 0 Å². The molecule has 0 aliphatic carbocycles. The molecule has 0 saturated carbocycles. The standard InChI is InChI=1S/C12H15F3N2O4S/c1-2-3-4-9(11(18)19)17-22(20,21)10-6-5-8(7-16-10)12(13,14)15/h5-7,9,17H,2-4H2,1H3,(H,18,19)/t9-/m0/s1. The van der Waals surface area contributed by atoms with Gasteiger partial charge in [-0.05, 0) is 18.6 Å². The van der Waals surface area contributed by atoms with Crippen molar-refractivity contribution in [2.24, 2.45) is 0 Å². The molecule has 0 unspecified atom stereocenters. The summed E-state index contributed by atoms with van der Waals surface area (Å²) in [6, 6.07) is -0.0955. The number of carboxylic acid groups (broad SMARTS) is 1. The molecule has 0 fully saturated rings.